The molecule has 0 aliphatic rings. The van der Waals surface area contributed by atoms with Crippen molar-refractivity contribution in [1.82, 2.24) is 10.2 Å². The molecule has 2 aromatic rings. The average molecular weight is 443 g/mol. The van der Waals surface area contributed by atoms with Crippen molar-refractivity contribution < 1.29 is 33.8 Å². The van der Waals surface area contributed by atoms with Gasteiger partial charge in [-0.3, -0.25) is 14.4 Å². The zero-order valence-corrected chi connectivity index (χ0v) is 17.7. The molecule has 0 aliphatic carbocycles. The summed E-state index contributed by atoms with van der Waals surface area (Å²) in [5.74, 6) is -2.07. The van der Waals surface area contributed by atoms with Crippen molar-refractivity contribution in [3.05, 3.63) is 60.2 Å². The molecule has 0 saturated heterocycles. The number of carbonyl (C=O) groups is 4. The number of likely N-dealkylation sites (N-methyl/N-ethyl adjacent to an activating group) is 1. The van der Waals surface area contributed by atoms with E-state index in [4.69, 9.17) is 9.47 Å². The first-order valence-electron chi connectivity index (χ1n) is 9.65. The van der Waals surface area contributed by atoms with E-state index in [-0.39, 0.29) is 6.54 Å². The summed E-state index contributed by atoms with van der Waals surface area (Å²) in [4.78, 5) is 49.7. The van der Waals surface area contributed by atoms with Gasteiger partial charge in [0.1, 0.15) is 5.75 Å². The molecule has 0 radical (unpaired) electrons. The van der Waals surface area contributed by atoms with Crippen LogP contribution in [0.1, 0.15) is 10.4 Å². The lowest BCUT2D eigenvalue weighted by molar-refractivity contribution is -0.154. The first-order chi connectivity index (χ1) is 15.3. The molecule has 0 fully saturated rings. The summed E-state index contributed by atoms with van der Waals surface area (Å²) >= 11 is 0. The van der Waals surface area contributed by atoms with Gasteiger partial charge >= 0.3 is 5.97 Å². The molecular weight excluding hydrogens is 418 g/mol. The predicted molar refractivity (Wildman–Crippen MR) is 115 cm³/mol. The number of hydrogen-bond donors (Lipinski definition) is 3. The maximum absolute atomic E-state index is 12.2. The molecule has 3 N–H and O–H groups in total. The fraction of sp³-hybridized carbons (Fsp3) is 0.273. The number of aliphatic hydroxyl groups excluding tert-OH is 1. The van der Waals surface area contributed by atoms with Crippen LogP contribution in [0, 0.1) is 0 Å². The minimum atomic E-state index is -1.34. The molecule has 2 aromatic carbocycles. The van der Waals surface area contributed by atoms with Crippen LogP contribution >= 0.6 is 0 Å². The number of rotatable bonds is 10. The molecule has 0 bridgehead atoms. The summed E-state index contributed by atoms with van der Waals surface area (Å²) in [6.07, 6.45) is 0. The van der Waals surface area contributed by atoms with E-state index in [2.05, 4.69) is 10.6 Å². The second-order valence-corrected chi connectivity index (χ2v) is 6.71. The Hall–Kier alpha value is -3.92. The molecule has 0 aliphatic heterocycles. The first kappa shape index (κ1) is 24.4. The third-order valence-corrected chi connectivity index (χ3v) is 4.31. The molecule has 10 heteroatoms. The number of methoxy groups -OCH3 is 1. The van der Waals surface area contributed by atoms with Gasteiger partial charge in [0.2, 0.25) is 5.91 Å². The number of amides is 3. The second-order valence-electron chi connectivity index (χ2n) is 6.71. The van der Waals surface area contributed by atoms with Crippen LogP contribution in [0.15, 0.2) is 54.6 Å². The maximum Gasteiger partial charge on any atom is 0.331 e. The van der Waals surface area contributed by atoms with Gasteiger partial charge in [-0.15, -0.1) is 0 Å². The lowest BCUT2D eigenvalue weighted by atomic mass is 10.2. The van der Waals surface area contributed by atoms with E-state index in [1.807, 2.05) is 0 Å². The van der Waals surface area contributed by atoms with Crippen LogP contribution in [0.4, 0.5) is 5.69 Å². The summed E-state index contributed by atoms with van der Waals surface area (Å²) in [6.45, 7) is -1.63. The van der Waals surface area contributed by atoms with E-state index < -0.39 is 42.9 Å². The topological polar surface area (TPSA) is 134 Å². The van der Waals surface area contributed by atoms with E-state index >= 15 is 0 Å². The number of nitrogens with zero attached hydrogens (tertiary/aromatic N) is 1. The molecule has 1 atom stereocenters. The van der Waals surface area contributed by atoms with Gasteiger partial charge in [-0.2, -0.15) is 0 Å². The molecule has 0 saturated carbocycles. The first-order valence-corrected chi connectivity index (χ1v) is 9.65. The summed E-state index contributed by atoms with van der Waals surface area (Å²) < 4.78 is 9.97. The van der Waals surface area contributed by atoms with E-state index in [9.17, 15) is 24.3 Å². The minimum Gasteiger partial charge on any atom is -0.497 e. The van der Waals surface area contributed by atoms with Gasteiger partial charge < -0.3 is 30.1 Å². The van der Waals surface area contributed by atoms with Crippen LogP contribution < -0.4 is 15.4 Å². The molecule has 2 rings (SSSR count). The van der Waals surface area contributed by atoms with Crippen molar-refractivity contribution in [2.45, 2.75) is 6.04 Å². The van der Waals surface area contributed by atoms with Gasteiger partial charge in [-0.25, -0.2) is 4.79 Å². The number of benzene rings is 2. The van der Waals surface area contributed by atoms with E-state index in [0.29, 0.717) is 17.0 Å². The Morgan fingerprint density at radius 1 is 1.06 bits per heavy atom. The number of hydrogen-bond acceptors (Lipinski definition) is 7. The van der Waals surface area contributed by atoms with Gasteiger partial charge in [0.05, 0.1) is 20.3 Å². The van der Waals surface area contributed by atoms with Crippen molar-refractivity contribution in [2.24, 2.45) is 0 Å². The smallest absolute Gasteiger partial charge is 0.331 e. The van der Waals surface area contributed by atoms with Crippen molar-refractivity contribution in [3.8, 4) is 5.75 Å². The van der Waals surface area contributed by atoms with Gasteiger partial charge in [0.15, 0.2) is 12.6 Å². The van der Waals surface area contributed by atoms with Gasteiger partial charge in [0, 0.05) is 24.4 Å². The fourth-order valence-electron chi connectivity index (χ4n) is 2.56. The van der Waals surface area contributed by atoms with E-state index in [1.54, 1.807) is 54.6 Å². The predicted octanol–water partition coefficient (Wildman–Crippen LogP) is 0.426. The monoisotopic (exact) mass is 443 g/mol. The Kier molecular flexibility index (Phi) is 9.18. The lowest BCUT2D eigenvalue weighted by Crippen LogP contribution is -2.45. The number of esters is 1. The van der Waals surface area contributed by atoms with Gasteiger partial charge in [0.25, 0.3) is 11.8 Å². The lowest BCUT2D eigenvalue weighted by Gasteiger charge is -2.19. The quantitative estimate of drug-likeness (QED) is 0.453. The van der Waals surface area contributed by atoms with Crippen molar-refractivity contribution >= 4 is 29.4 Å². The normalized spacial score (nSPS) is 11.1. The van der Waals surface area contributed by atoms with Crippen molar-refractivity contribution in [2.75, 3.05) is 39.2 Å². The van der Waals surface area contributed by atoms with Crippen LogP contribution in [-0.2, 0) is 19.1 Å². The van der Waals surface area contributed by atoms with E-state index in [1.165, 1.54) is 14.2 Å². The Bertz CT molecular complexity index is 950. The molecular formula is C22H25N3O7. The third-order valence-electron chi connectivity index (χ3n) is 4.31. The number of nitrogens with one attached hydrogen (secondary N) is 2. The van der Waals surface area contributed by atoms with Crippen LogP contribution in [0.2, 0.25) is 0 Å². The zero-order valence-electron chi connectivity index (χ0n) is 17.7. The van der Waals surface area contributed by atoms with Crippen molar-refractivity contribution in [1.29, 1.82) is 0 Å². The summed E-state index contributed by atoms with van der Waals surface area (Å²) in [7, 11) is 2.88. The standard InChI is InChI=1S/C22H25N3O7/c1-25(12-19(27)23-16-9-6-10-17(11-16)31-2)20(28)14-32-22(30)18(13-26)24-21(29)15-7-4-3-5-8-15/h3-11,18,26H,12-14H2,1-2H3,(H,23,27)(H,24,29). The largest absolute Gasteiger partial charge is 0.497 e. The van der Waals surface area contributed by atoms with Gasteiger partial charge in [-0.05, 0) is 24.3 Å². The van der Waals surface area contributed by atoms with Crippen molar-refractivity contribution in [3.63, 3.8) is 0 Å². The van der Waals surface area contributed by atoms with Crippen LogP contribution in [-0.4, -0.2) is 73.7 Å². The minimum absolute atomic E-state index is 0.276. The van der Waals surface area contributed by atoms with Crippen LogP contribution in [0.25, 0.3) is 0 Å². The Balaban J connectivity index is 1.81. The highest BCUT2D eigenvalue weighted by atomic mass is 16.5. The average Bonchev–Trinajstić information content (AvgIpc) is 2.81. The molecule has 0 aromatic heterocycles. The molecule has 3 amide bonds. The Labute approximate surface area is 185 Å². The van der Waals surface area contributed by atoms with E-state index in [0.717, 1.165) is 4.90 Å². The third kappa shape index (κ3) is 7.40. The highest BCUT2D eigenvalue weighted by Crippen LogP contribution is 2.16. The number of anilines is 1. The molecule has 0 heterocycles. The zero-order chi connectivity index (χ0) is 23.5. The van der Waals surface area contributed by atoms with Gasteiger partial charge in [-0.1, -0.05) is 24.3 Å². The molecule has 0 spiro atoms. The number of carbonyl (C=O) groups excluding carboxylic acids is 4. The summed E-state index contributed by atoms with van der Waals surface area (Å²) in [6, 6.07) is 13.5. The maximum atomic E-state index is 12.2. The Morgan fingerprint density at radius 2 is 1.78 bits per heavy atom. The Morgan fingerprint density at radius 3 is 2.44 bits per heavy atom. The summed E-state index contributed by atoms with van der Waals surface area (Å²) in [5, 5.41) is 14.4. The number of ether oxygens (including phenoxy) is 2. The molecule has 170 valence electrons. The second kappa shape index (κ2) is 12.1. The molecule has 1 unspecified atom stereocenters. The number of aliphatic hydroxyl groups is 1. The summed E-state index contributed by atoms with van der Waals surface area (Å²) in [5.41, 5.74) is 0.804. The molecule has 32 heavy (non-hydrogen) atoms. The highest BCUT2D eigenvalue weighted by molar-refractivity contribution is 5.97. The molecule has 10 nitrogen and oxygen atoms in total. The van der Waals surface area contributed by atoms with Crippen LogP contribution in [0.3, 0.4) is 0 Å². The highest BCUT2D eigenvalue weighted by Gasteiger charge is 2.24. The fourth-order valence-corrected chi connectivity index (χ4v) is 2.56. The van der Waals surface area contributed by atoms with Crippen LogP contribution in [0.5, 0.6) is 5.75 Å². The SMILES string of the molecule is COc1cccc(NC(=O)CN(C)C(=O)COC(=O)C(CO)NC(=O)c2ccccc2)c1.